The van der Waals surface area contributed by atoms with Crippen molar-refractivity contribution in [2.24, 2.45) is 17.3 Å². The molecule has 4 amide bonds. The molecule has 0 spiro atoms. The Kier molecular flexibility index (Phi) is 12.7. The lowest BCUT2D eigenvalue weighted by Crippen LogP contribution is -2.42. The normalized spacial score (nSPS) is 19.1. The van der Waals surface area contributed by atoms with Crippen LogP contribution in [0.1, 0.15) is 62.8 Å². The number of carbonyl (C=O) groups excluding carboxylic acids is 4. The van der Waals surface area contributed by atoms with Crippen molar-refractivity contribution in [1.29, 1.82) is 0 Å². The van der Waals surface area contributed by atoms with Gasteiger partial charge in [-0.25, -0.2) is 8.78 Å². The van der Waals surface area contributed by atoms with E-state index in [-0.39, 0.29) is 29.2 Å². The van der Waals surface area contributed by atoms with E-state index < -0.39 is 28.9 Å². The lowest BCUT2D eigenvalue weighted by atomic mass is 9.89. The number of hydrogen-bond acceptors (Lipinski definition) is 10. The topological polar surface area (TPSA) is 151 Å². The molecule has 1 aliphatic carbocycles. The number of aromatic nitrogens is 1. The number of piperidine rings is 3. The van der Waals surface area contributed by atoms with E-state index in [0.29, 0.717) is 78.0 Å². The van der Waals surface area contributed by atoms with Gasteiger partial charge in [-0.2, -0.15) is 0 Å². The van der Waals surface area contributed by atoms with Gasteiger partial charge >= 0.3 is 0 Å². The lowest BCUT2D eigenvalue weighted by Gasteiger charge is -2.38. The van der Waals surface area contributed by atoms with E-state index in [1.165, 1.54) is 36.4 Å². The van der Waals surface area contributed by atoms with Crippen LogP contribution in [-0.4, -0.2) is 80.0 Å². The summed E-state index contributed by atoms with van der Waals surface area (Å²) in [5.41, 5.74) is 1.94. The molecular weight excluding hydrogens is 835 g/mol. The van der Waals surface area contributed by atoms with Crippen molar-refractivity contribution in [3.63, 3.8) is 0 Å². The number of fused-ring (bicyclic) bond motifs is 1. The molecule has 4 aromatic carbocycles. The number of pyridine rings is 1. The average Bonchev–Trinajstić information content (AvgIpc) is 4.13. The van der Waals surface area contributed by atoms with Gasteiger partial charge in [0.15, 0.2) is 23.1 Å². The summed E-state index contributed by atoms with van der Waals surface area (Å²) < 4.78 is 46.9. The molecule has 1 atom stereocenters. The van der Waals surface area contributed by atoms with E-state index in [0.717, 1.165) is 75.7 Å². The van der Waals surface area contributed by atoms with Crippen molar-refractivity contribution in [3.05, 3.63) is 108 Å². The van der Waals surface area contributed by atoms with E-state index in [2.05, 4.69) is 42.9 Å². The maximum atomic E-state index is 15.5. The van der Waals surface area contributed by atoms with Gasteiger partial charge in [-0.1, -0.05) is 12.1 Å². The van der Waals surface area contributed by atoms with Crippen LogP contribution >= 0.6 is 0 Å². The summed E-state index contributed by atoms with van der Waals surface area (Å²) >= 11 is 0. The van der Waals surface area contributed by atoms with E-state index in [1.54, 1.807) is 25.4 Å². The maximum absolute atomic E-state index is 15.5. The van der Waals surface area contributed by atoms with Crippen molar-refractivity contribution in [3.8, 4) is 23.0 Å². The van der Waals surface area contributed by atoms with Gasteiger partial charge in [-0.3, -0.25) is 29.5 Å². The second-order valence-corrected chi connectivity index (χ2v) is 17.7. The van der Waals surface area contributed by atoms with Crippen LogP contribution in [0.15, 0.2) is 91.1 Å². The summed E-state index contributed by atoms with van der Waals surface area (Å²) in [7, 11) is 1.57. The van der Waals surface area contributed by atoms with Crippen molar-refractivity contribution < 1.29 is 42.2 Å². The lowest BCUT2D eigenvalue weighted by molar-refractivity contribution is -0.134. The third kappa shape index (κ3) is 9.90. The minimum atomic E-state index is -1.30. The fraction of sp³-hybridized carbons (Fsp3) is 0.380. The monoisotopic (exact) mass is 886 g/mol. The van der Waals surface area contributed by atoms with Gasteiger partial charge in [0.25, 0.3) is 0 Å². The first kappa shape index (κ1) is 43.6. The Balaban J connectivity index is 0.747. The number of likely N-dealkylation sites (tertiary alicyclic amines) is 1. The fourth-order valence-electron chi connectivity index (χ4n) is 9.22. The minimum absolute atomic E-state index is 0.0731. The Morgan fingerprint density at radius 1 is 0.785 bits per heavy atom. The number of benzene rings is 4. The van der Waals surface area contributed by atoms with E-state index in [1.807, 2.05) is 18.2 Å². The SMILES string of the molecule is COc1cc2c(Oc3ccc(NC(=O)C4(C(=O)Nc5ccc(F)cc5)CC4)cc3F)ccnc2cc1OCC1CCN(CC2CCN(c3cccc(C4CCC(=O)NC4=O)c3)CC2)CC1. The minimum Gasteiger partial charge on any atom is -0.493 e. The number of nitrogens with one attached hydrogen (secondary N) is 3. The molecule has 1 saturated carbocycles. The average molecular weight is 887 g/mol. The van der Waals surface area contributed by atoms with Crippen molar-refractivity contribution in [2.45, 2.75) is 57.3 Å². The van der Waals surface area contributed by atoms with Gasteiger partial charge in [0, 0.05) is 66.8 Å². The standard InChI is InChI=1S/C50H52F2N6O7/c1-63-44-27-39-41(53-20-13-42(39)65-43-11-9-36(26-40(43)52)55-49(62)50(18-19-50)48(61)54-35-7-5-34(51)6-8-35)28-45(44)64-30-32-14-21-57(22-15-32)29-31-16-23-58(24-17-31)37-4-2-3-33(25-37)38-10-12-46(59)56-47(38)60/h2-9,11,13,20,25-28,31-32,38H,10,12,14-19,21-24,29-30H2,1H3,(H,54,61)(H,55,62)(H,56,59,60). The fourth-order valence-corrected chi connectivity index (χ4v) is 9.22. The summed E-state index contributed by atoms with van der Waals surface area (Å²) in [4.78, 5) is 59.8. The van der Waals surface area contributed by atoms with Gasteiger partial charge in [0.1, 0.15) is 17.0 Å². The van der Waals surface area contributed by atoms with E-state index >= 15 is 4.39 Å². The number of hydrogen-bond donors (Lipinski definition) is 3. The number of ether oxygens (including phenoxy) is 3. The molecule has 0 bridgehead atoms. The second kappa shape index (κ2) is 18.9. The molecule has 3 aliphatic heterocycles. The van der Waals surface area contributed by atoms with Crippen LogP contribution in [0.25, 0.3) is 10.9 Å². The first-order valence-electron chi connectivity index (χ1n) is 22.4. The summed E-state index contributed by atoms with van der Waals surface area (Å²) in [5.74, 6) is -0.552. The number of halogens is 2. The Hall–Kier alpha value is -6.61. The highest BCUT2D eigenvalue weighted by Crippen LogP contribution is 2.48. The number of amides is 4. The highest BCUT2D eigenvalue weighted by Gasteiger charge is 2.56. The van der Waals surface area contributed by atoms with Gasteiger partial charge < -0.3 is 34.6 Å². The molecule has 1 unspecified atom stereocenters. The molecule has 4 aliphatic rings. The molecule has 0 radical (unpaired) electrons. The van der Waals surface area contributed by atoms with Crippen LogP contribution in [0, 0.1) is 28.9 Å². The largest absolute Gasteiger partial charge is 0.493 e. The number of imide groups is 1. The smallest absolute Gasteiger partial charge is 0.240 e. The van der Waals surface area contributed by atoms with Crippen LogP contribution in [0.5, 0.6) is 23.0 Å². The molecule has 4 heterocycles. The predicted octanol–water partition coefficient (Wildman–Crippen LogP) is 8.20. The summed E-state index contributed by atoms with van der Waals surface area (Å²) in [5, 5.41) is 8.40. The second-order valence-electron chi connectivity index (χ2n) is 17.7. The van der Waals surface area contributed by atoms with Crippen LogP contribution in [0.4, 0.5) is 25.8 Å². The number of anilines is 3. The summed E-state index contributed by atoms with van der Waals surface area (Å²) in [6.45, 7) is 5.60. The molecule has 65 heavy (non-hydrogen) atoms. The third-order valence-corrected chi connectivity index (χ3v) is 13.3. The predicted molar refractivity (Wildman–Crippen MR) is 241 cm³/mol. The summed E-state index contributed by atoms with van der Waals surface area (Å²) in [6, 6.07) is 22.8. The molecule has 13 nitrogen and oxygen atoms in total. The Morgan fingerprint density at radius 2 is 1.51 bits per heavy atom. The van der Waals surface area contributed by atoms with Crippen LogP contribution in [0.3, 0.4) is 0 Å². The van der Waals surface area contributed by atoms with Crippen LogP contribution in [-0.2, 0) is 19.2 Å². The molecular formula is C50H52F2N6O7. The summed E-state index contributed by atoms with van der Waals surface area (Å²) in [6.07, 6.45) is 7.45. The van der Waals surface area contributed by atoms with Crippen LogP contribution in [0.2, 0.25) is 0 Å². The molecule has 338 valence electrons. The molecule has 9 rings (SSSR count). The highest BCUT2D eigenvalue weighted by atomic mass is 19.1. The Morgan fingerprint density at radius 3 is 2.22 bits per heavy atom. The van der Waals surface area contributed by atoms with Crippen molar-refractivity contribution in [2.75, 3.05) is 62.0 Å². The van der Waals surface area contributed by atoms with Crippen LogP contribution < -0.4 is 35.1 Å². The number of rotatable bonds is 14. The molecule has 5 aromatic rings. The number of methoxy groups -OCH3 is 1. The first-order valence-corrected chi connectivity index (χ1v) is 22.4. The van der Waals surface area contributed by atoms with Gasteiger partial charge in [-0.05, 0) is 136 Å². The quantitative estimate of drug-likeness (QED) is 0.0736. The van der Waals surface area contributed by atoms with Gasteiger partial charge in [0.2, 0.25) is 23.6 Å². The van der Waals surface area contributed by atoms with Gasteiger partial charge in [-0.15, -0.1) is 0 Å². The van der Waals surface area contributed by atoms with E-state index in [4.69, 9.17) is 14.2 Å². The molecule has 4 fully saturated rings. The molecule has 1 aromatic heterocycles. The zero-order valence-corrected chi connectivity index (χ0v) is 36.2. The van der Waals surface area contributed by atoms with Crippen molar-refractivity contribution >= 4 is 51.6 Å². The Labute approximate surface area is 375 Å². The molecule has 3 saturated heterocycles. The molecule has 15 heteroatoms. The number of carbonyl (C=O) groups is 4. The van der Waals surface area contributed by atoms with Gasteiger partial charge in [0.05, 0.1) is 25.2 Å². The molecule has 3 N–H and O–H groups in total. The van der Waals surface area contributed by atoms with E-state index in [9.17, 15) is 23.6 Å². The first-order chi connectivity index (χ1) is 31.5. The maximum Gasteiger partial charge on any atom is 0.240 e. The zero-order valence-electron chi connectivity index (χ0n) is 36.2. The highest BCUT2D eigenvalue weighted by molar-refractivity contribution is 6.17. The van der Waals surface area contributed by atoms with Crippen molar-refractivity contribution in [1.82, 2.24) is 15.2 Å². The number of nitrogens with zero attached hydrogens (tertiary/aromatic N) is 3. The zero-order chi connectivity index (χ0) is 45.1. The Bertz CT molecular complexity index is 2590. The third-order valence-electron chi connectivity index (χ3n) is 13.3.